The summed E-state index contributed by atoms with van der Waals surface area (Å²) in [4.78, 5) is 0. The molecule has 0 aromatic heterocycles. The Balaban J connectivity index is 1.90. The minimum Gasteiger partial charge on any atom is -0.0773 e. The van der Waals surface area contributed by atoms with E-state index < -0.39 is 0 Å². The van der Waals surface area contributed by atoms with Crippen LogP contribution in [0.1, 0.15) is 23.6 Å². The van der Waals surface area contributed by atoms with Crippen LogP contribution in [0.4, 0.5) is 0 Å². The van der Waals surface area contributed by atoms with E-state index in [9.17, 15) is 0 Å². The Labute approximate surface area is 144 Å². The molecule has 0 fully saturated rings. The van der Waals surface area contributed by atoms with E-state index in [2.05, 4.69) is 110 Å². The first kappa shape index (κ1) is 16.0. The average molecular weight is 310 g/mol. The van der Waals surface area contributed by atoms with Crippen LogP contribution < -0.4 is 0 Å². The first-order valence-electron chi connectivity index (χ1n) is 8.39. The highest BCUT2D eigenvalue weighted by molar-refractivity contribution is 5.80. The molecule has 0 nitrogen and oxygen atoms in total. The summed E-state index contributed by atoms with van der Waals surface area (Å²) in [6, 6.07) is 31.6. The summed E-state index contributed by atoms with van der Waals surface area (Å²) in [6.45, 7) is 2.23. The fraction of sp³-hybridized carbons (Fsp3) is 0.0833. The lowest BCUT2D eigenvalue weighted by Gasteiger charge is -2.11. The van der Waals surface area contributed by atoms with Crippen LogP contribution in [0.2, 0.25) is 0 Å². The monoisotopic (exact) mass is 310 g/mol. The number of benzene rings is 3. The van der Waals surface area contributed by atoms with Crippen molar-refractivity contribution in [3.63, 3.8) is 0 Å². The zero-order valence-corrected chi connectivity index (χ0v) is 14.0. The minimum atomic E-state index is 0.348. The molecule has 0 amide bonds. The van der Waals surface area contributed by atoms with Gasteiger partial charge in [0, 0.05) is 0 Å². The van der Waals surface area contributed by atoms with E-state index in [1.807, 2.05) is 6.07 Å². The van der Waals surface area contributed by atoms with Gasteiger partial charge in [0.15, 0.2) is 0 Å². The SMILES string of the molecule is CC(C=Cc1ccccc1)C=C(c1ccccc1)c1ccccc1. The Morgan fingerprint density at radius 1 is 0.667 bits per heavy atom. The fourth-order valence-electron chi connectivity index (χ4n) is 2.74. The maximum absolute atomic E-state index is 2.34. The predicted octanol–water partition coefficient (Wildman–Crippen LogP) is 6.47. The van der Waals surface area contributed by atoms with Crippen molar-refractivity contribution in [2.75, 3.05) is 0 Å². The highest BCUT2D eigenvalue weighted by Crippen LogP contribution is 2.25. The summed E-state index contributed by atoms with van der Waals surface area (Å²) < 4.78 is 0. The van der Waals surface area contributed by atoms with Gasteiger partial charge < -0.3 is 0 Å². The van der Waals surface area contributed by atoms with E-state index >= 15 is 0 Å². The van der Waals surface area contributed by atoms with E-state index in [0.29, 0.717) is 5.92 Å². The number of rotatable bonds is 5. The lowest BCUT2D eigenvalue weighted by Crippen LogP contribution is -1.92. The summed E-state index contributed by atoms with van der Waals surface area (Å²) >= 11 is 0. The molecule has 0 aliphatic rings. The Kier molecular flexibility index (Phi) is 5.42. The van der Waals surface area contributed by atoms with Gasteiger partial charge in [-0.15, -0.1) is 0 Å². The summed E-state index contributed by atoms with van der Waals surface area (Å²) in [6.07, 6.45) is 6.78. The van der Waals surface area contributed by atoms with Gasteiger partial charge in [0.25, 0.3) is 0 Å². The molecule has 0 aliphatic heterocycles. The summed E-state index contributed by atoms with van der Waals surface area (Å²) in [7, 11) is 0. The molecule has 0 spiro atoms. The lowest BCUT2D eigenvalue weighted by atomic mass is 9.94. The predicted molar refractivity (Wildman–Crippen MR) is 105 cm³/mol. The molecular weight excluding hydrogens is 288 g/mol. The second-order valence-corrected chi connectivity index (χ2v) is 5.94. The minimum absolute atomic E-state index is 0.348. The maximum atomic E-state index is 2.34. The smallest absolute Gasteiger partial charge is 0.00691 e. The van der Waals surface area contributed by atoms with Gasteiger partial charge in [-0.2, -0.15) is 0 Å². The second-order valence-electron chi connectivity index (χ2n) is 5.94. The quantitative estimate of drug-likeness (QED) is 0.507. The molecule has 1 unspecified atom stereocenters. The van der Waals surface area contributed by atoms with Crippen molar-refractivity contribution < 1.29 is 0 Å². The Hall–Kier alpha value is -2.86. The topological polar surface area (TPSA) is 0 Å². The summed E-state index contributed by atoms with van der Waals surface area (Å²) in [5.74, 6) is 0.348. The first-order valence-corrected chi connectivity index (χ1v) is 8.39. The Morgan fingerprint density at radius 2 is 1.12 bits per heavy atom. The number of hydrogen-bond acceptors (Lipinski definition) is 0. The van der Waals surface area contributed by atoms with Gasteiger partial charge in [-0.1, -0.05) is 116 Å². The van der Waals surface area contributed by atoms with Crippen LogP contribution in [-0.2, 0) is 0 Å². The van der Waals surface area contributed by atoms with Gasteiger partial charge in [0.1, 0.15) is 0 Å². The van der Waals surface area contributed by atoms with Gasteiger partial charge in [-0.25, -0.2) is 0 Å². The molecule has 0 heteroatoms. The van der Waals surface area contributed by atoms with Gasteiger partial charge in [-0.3, -0.25) is 0 Å². The van der Waals surface area contributed by atoms with Gasteiger partial charge in [-0.05, 0) is 28.2 Å². The van der Waals surface area contributed by atoms with Gasteiger partial charge in [0.2, 0.25) is 0 Å². The third kappa shape index (κ3) is 4.33. The highest BCUT2D eigenvalue weighted by Gasteiger charge is 2.05. The Bertz CT molecular complexity index is 755. The molecule has 3 rings (SSSR count). The average Bonchev–Trinajstić information content (AvgIpc) is 2.67. The van der Waals surface area contributed by atoms with Crippen LogP contribution in [-0.4, -0.2) is 0 Å². The molecule has 0 radical (unpaired) electrons. The van der Waals surface area contributed by atoms with Gasteiger partial charge >= 0.3 is 0 Å². The maximum Gasteiger partial charge on any atom is -0.00691 e. The molecule has 0 bridgehead atoms. The molecule has 3 aromatic carbocycles. The van der Waals surface area contributed by atoms with Gasteiger partial charge in [0.05, 0.1) is 0 Å². The summed E-state index contributed by atoms with van der Waals surface area (Å²) in [5, 5.41) is 0. The van der Waals surface area contributed by atoms with E-state index in [0.717, 1.165) is 0 Å². The molecule has 3 aromatic rings. The van der Waals surface area contributed by atoms with Crippen molar-refractivity contribution in [3.8, 4) is 0 Å². The van der Waals surface area contributed by atoms with E-state index in [-0.39, 0.29) is 0 Å². The van der Waals surface area contributed by atoms with Crippen molar-refractivity contribution in [1.29, 1.82) is 0 Å². The van der Waals surface area contributed by atoms with Crippen LogP contribution in [0.3, 0.4) is 0 Å². The van der Waals surface area contributed by atoms with Crippen molar-refractivity contribution >= 4 is 11.6 Å². The highest BCUT2D eigenvalue weighted by atomic mass is 14.1. The van der Waals surface area contributed by atoms with Crippen molar-refractivity contribution in [2.45, 2.75) is 6.92 Å². The van der Waals surface area contributed by atoms with Crippen LogP contribution in [0.25, 0.3) is 11.6 Å². The normalized spacial score (nSPS) is 12.0. The molecule has 0 N–H and O–H groups in total. The van der Waals surface area contributed by atoms with Crippen LogP contribution >= 0.6 is 0 Å². The van der Waals surface area contributed by atoms with Crippen LogP contribution in [0.15, 0.2) is 103 Å². The molecule has 0 saturated heterocycles. The zero-order valence-electron chi connectivity index (χ0n) is 14.0. The van der Waals surface area contributed by atoms with E-state index in [1.165, 1.54) is 22.3 Å². The van der Waals surface area contributed by atoms with Crippen LogP contribution in [0, 0.1) is 5.92 Å². The molecular formula is C24H22. The molecule has 118 valence electrons. The number of hydrogen-bond donors (Lipinski definition) is 0. The lowest BCUT2D eigenvalue weighted by molar-refractivity contribution is 0.947. The summed E-state index contributed by atoms with van der Waals surface area (Å²) in [5.41, 5.74) is 5.02. The molecule has 24 heavy (non-hydrogen) atoms. The molecule has 1 atom stereocenters. The van der Waals surface area contributed by atoms with E-state index in [4.69, 9.17) is 0 Å². The molecule has 0 heterocycles. The fourth-order valence-corrected chi connectivity index (χ4v) is 2.74. The third-order valence-electron chi connectivity index (χ3n) is 3.99. The number of allylic oxidation sites excluding steroid dienone is 2. The third-order valence-corrected chi connectivity index (χ3v) is 3.99. The largest absolute Gasteiger partial charge is 0.0773 e. The molecule has 0 aliphatic carbocycles. The van der Waals surface area contributed by atoms with Crippen molar-refractivity contribution in [1.82, 2.24) is 0 Å². The Morgan fingerprint density at radius 3 is 1.62 bits per heavy atom. The van der Waals surface area contributed by atoms with Crippen molar-refractivity contribution in [3.05, 3.63) is 120 Å². The van der Waals surface area contributed by atoms with Crippen molar-refractivity contribution in [2.24, 2.45) is 5.92 Å². The second kappa shape index (κ2) is 8.12. The standard InChI is InChI=1S/C24H22/c1-20(17-18-21-11-5-2-6-12-21)19-24(22-13-7-3-8-14-22)23-15-9-4-10-16-23/h2-20H,1H3. The van der Waals surface area contributed by atoms with Crippen LogP contribution in [0.5, 0.6) is 0 Å². The van der Waals surface area contributed by atoms with E-state index in [1.54, 1.807) is 0 Å². The zero-order chi connectivity index (χ0) is 16.6. The molecule has 0 saturated carbocycles. The first-order chi connectivity index (χ1) is 11.8.